The Morgan fingerprint density at radius 1 is 1.09 bits per heavy atom. The van der Waals surface area contributed by atoms with Crippen LogP contribution in [0.3, 0.4) is 0 Å². The van der Waals surface area contributed by atoms with Gasteiger partial charge in [0.15, 0.2) is 40.3 Å². The molecule has 1 amide bonds. The second-order valence-corrected chi connectivity index (χ2v) is 7.60. The lowest BCUT2D eigenvalue weighted by atomic mass is 10.1. The quantitative estimate of drug-likeness (QED) is 0.470. The summed E-state index contributed by atoms with van der Waals surface area (Å²) in [5, 5.41) is 8.27. The normalized spacial score (nSPS) is 14.2. The maximum Gasteiger partial charge on any atom is 0.269 e. The number of fused-ring (bicyclic) bond motifs is 1. The van der Waals surface area contributed by atoms with Gasteiger partial charge in [-0.25, -0.2) is 14.4 Å². The van der Waals surface area contributed by atoms with Crippen LogP contribution < -0.4 is 34.9 Å². The predicted octanol–water partition coefficient (Wildman–Crippen LogP) is 3.63. The number of hydrogen-bond donors (Lipinski definition) is 3. The molecule has 12 heteroatoms. The zero-order chi connectivity index (χ0) is 25.3. The summed E-state index contributed by atoms with van der Waals surface area (Å²) in [7, 11) is 4.42. The number of nitrogens with one attached hydrogen (secondary N) is 3. The van der Waals surface area contributed by atoms with E-state index in [4.69, 9.17) is 20.3 Å². The van der Waals surface area contributed by atoms with Crippen LogP contribution in [0.5, 0.6) is 23.0 Å². The Balaban J connectivity index is 1.63. The molecule has 0 saturated heterocycles. The smallest absolute Gasteiger partial charge is 0.269 e. The number of rotatable bonds is 7. The van der Waals surface area contributed by atoms with Crippen molar-refractivity contribution in [1.82, 2.24) is 15.0 Å². The molecule has 2 aromatic heterocycles. The van der Waals surface area contributed by atoms with E-state index in [0.29, 0.717) is 28.7 Å². The van der Waals surface area contributed by atoms with Gasteiger partial charge in [0.1, 0.15) is 5.82 Å². The van der Waals surface area contributed by atoms with Crippen LogP contribution in [0.1, 0.15) is 15.2 Å². The molecule has 0 radical (unpaired) electrons. The zero-order valence-corrected chi connectivity index (χ0v) is 19.1. The largest absolute Gasteiger partial charge is 0.493 e. The Morgan fingerprint density at radius 2 is 1.79 bits per heavy atom. The van der Waals surface area contributed by atoms with Gasteiger partial charge in [0.25, 0.3) is 5.91 Å². The second kappa shape index (κ2) is 8.89. The number of hydrogen-bond acceptors (Lipinski definition) is 10. The van der Waals surface area contributed by atoms with E-state index in [9.17, 15) is 9.18 Å². The van der Waals surface area contributed by atoms with Crippen LogP contribution in [0.4, 0.5) is 33.5 Å². The van der Waals surface area contributed by atoms with Gasteiger partial charge in [0, 0.05) is 17.8 Å². The summed E-state index contributed by atoms with van der Waals surface area (Å²) in [5.41, 5.74) is -0.596. The number of anilines is 5. The van der Waals surface area contributed by atoms with E-state index >= 15 is 0 Å². The van der Waals surface area contributed by atoms with Crippen molar-refractivity contribution in [3.8, 4) is 23.0 Å². The molecule has 3 heterocycles. The van der Waals surface area contributed by atoms with Gasteiger partial charge in [-0.15, -0.1) is 0 Å². The molecule has 4 rings (SSSR count). The van der Waals surface area contributed by atoms with Crippen LogP contribution in [0.2, 0.25) is 0 Å². The highest BCUT2D eigenvalue weighted by molar-refractivity contribution is 5.99. The highest BCUT2D eigenvalue weighted by atomic mass is 19.1. The molecule has 34 heavy (non-hydrogen) atoms. The summed E-state index contributed by atoms with van der Waals surface area (Å²) < 4.78 is 44.2. The maximum absolute atomic E-state index is 14.7. The Bertz CT molecular complexity index is 1280. The fourth-order valence-electron chi connectivity index (χ4n) is 3.14. The lowest BCUT2D eigenvalue weighted by Crippen LogP contribution is -2.46. The average Bonchev–Trinajstić information content (AvgIpc) is 2.82. The predicted molar refractivity (Wildman–Crippen MR) is 122 cm³/mol. The number of methoxy groups -OCH3 is 3. The lowest BCUT2D eigenvalue weighted by molar-refractivity contribution is -0.129. The molecule has 1 aromatic carbocycles. The molecule has 0 saturated carbocycles. The molecular weight excluding hydrogens is 447 g/mol. The molecule has 1 aliphatic rings. The standard InChI is InChI=1S/C22H23FN6O5/c1-22(2)20(30)28-19-13(34-22)6-7-16(27-19)26-18-12(23)10-24-21(29-18)25-11-8-14(31-3)17(33-5)15(9-11)32-4/h6-10H,1-5H3,(H3,24,25,26,27,28,29,30)/i10D. The highest BCUT2D eigenvalue weighted by Crippen LogP contribution is 2.40. The summed E-state index contributed by atoms with van der Waals surface area (Å²) in [4.78, 5) is 24.4. The fraction of sp³-hybridized carbons (Fsp3) is 0.273. The van der Waals surface area contributed by atoms with Crippen LogP contribution in [-0.2, 0) is 4.79 Å². The maximum atomic E-state index is 14.7. The first kappa shape index (κ1) is 21.5. The third-order valence-corrected chi connectivity index (χ3v) is 4.86. The Hall–Kier alpha value is -4.35. The summed E-state index contributed by atoms with van der Waals surface area (Å²) >= 11 is 0. The van der Waals surface area contributed by atoms with Crippen LogP contribution >= 0.6 is 0 Å². The summed E-state index contributed by atoms with van der Waals surface area (Å²) in [5.74, 6) is 0.156. The van der Waals surface area contributed by atoms with E-state index in [-0.39, 0.29) is 29.3 Å². The van der Waals surface area contributed by atoms with Crippen LogP contribution in [0.25, 0.3) is 0 Å². The molecule has 0 bridgehead atoms. The van der Waals surface area contributed by atoms with Crippen molar-refractivity contribution >= 4 is 35.0 Å². The van der Waals surface area contributed by atoms with Crippen molar-refractivity contribution in [1.29, 1.82) is 0 Å². The van der Waals surface area contributed by atoms with Gasteiger partial charge in [-0.3, -0.25) is 4.79 Å². The Labute approximate surface area is 196 Å². The van der Waals surface area contributed by atoms with Gasteiger partial charge in [-0.05, 0) is 26.0 Å². The Morgan fingerprint density at radius 3 is 2.44 bits per heavy atom. The van der Waals surface area contributed by atoms with E-state index in [1.165, 1.54) is 27.4 Å². The third-order valence-electron chi connectivity index (χ3n) is 4.86. The molecular formula is C22H23FN6O5. The molecule has 0 atom stereocenters. The van der Waals surface area contributed by atoms with Crippen molar-refractivity contribution in [3.05, 3.63) is 36.3 Å². The minimum Gasteiger partial charge on any atom is -0.493 e. The van der Waals surface area contributed by atoms with Gasteiger partial charge < -0.3 is 34.9 Å². The first-order valence-electron chi connectivity index (χ1n) is 10.5. The average molecular weight is 471 g/mol. The van der Waals surface area contributed by atoms with E-state index < -0.39 is 17.6 Å². The van der Waals surface area contributed by atoms with Crippen molar-refractivity contribution in [3.63, 3.8) is 0 Å². The number of benzene rings is 1. The zero-order valence-electron chi connectivity index (χ0n) is 20.1. The van der Waals surface area contributed by atoms with Crippen molar-refractivity contribution in [2.75, 3.05) is 37.3 Å². The SMILES string of the molecule is [2H]c1nc(Nc2cc(OC)c(OC)c(OC)c2)nc(Nc2ccc3c(n2)NC(=O)C(C)(C)O3)c1F. The molecule has 0 fully saturated rings. The number of aromatic nitrogens is 3. The number of halogens is 1. The number of nitrogens with zero attached hydrogens (tertiary/aromatic N) is 3. The van der Waals surface area contributed by atoms with Crippen LogP contribution in [-0.4, -0.2) is 47.8 Å². The van der Waals surface area contributed by atoms with Gasteiger partial charge in [0.2, 0.25) is 11.7 Å². The van der Waals surface area contributed by atoms with Gasteiger partial charge in [-0.1, -0.05) is 0 Å². The summed E-state index contributed by atoms with van der Waals surface area (Å²) in [6.07, 6.45) is -0.645. The van der Waals surface area contributed by atoms with E-state index in [1.54, 1.807) is 32.0 Å². The lowest BCUT2D eigenvalue weighted by Gasteiger charge is -2.30. The highest BCUT2D eigenvalue weighted by Gasteiger charge is 2.36. The number of amides is 1. The third kappa shape index (κ3) is 4.42. The second-order valence-electron chi connectivity index (χ2n) is 7.60. The van der Waals surface area contributed by atoms with Crippen molar-refractivity contribution < 1.29 is 29.5 Å². The van der Waals surface area contributed by atoms with Crippen LogP contribution in [0, 0.1) is 5.82 Å². The first-order chi connectivity index (χ1) is 16.6. The minimum absolute atomic E-state index is 0.0653. The van der Waals surface area contributed by atoms with Gasteiger partial charge in [-0.2, -0.15) is 4.98 Å². The van der Waals surface area contributed by atoms with E-state index in [1.807, 2.05) is 0 Å². The number of pyridine rings is 1. The molecule has 11 nitrogen and oxygen atoms in total. The van der Waals surface area contributed by atoms with E-state index in [2.05, 4.69) is 30.9 Å². The van der Waals surface area contributed by atoms with Crippen LogP contribution in [0.15, 0.2) is 30.4 Å². The number of carbonyl (C=O) groups is 1. The molecule has 3 N–H and O–H groups in total. The molecule has 0 unspecified atom stereocenters. The molecule has 3 aromatic rings. The molecule has 0 spiro atoms. The monoisotopic (exact) mass is 471 g/mol. The summed E-state index contributed by atoms with van der Waals surface area (Å²) in [6, 6.07) is 6.34. The van der Waals surface area contributed by atoms with Crippen molar-refractivity contribution in [2.24, 2.45) is 0 Å². The molecule has 0 aliphatic carbocycles. The number of carbonyl (C=O) groups excluding carboxylic acids is 1. The van der Waals surface area contributed by atoms with E-state index in [0.717, 1.165) is 0 Å². The molecule has 178 valence electrons. The minimum atomic E-state index is -1.05. The van der Waals surface area contributed by atoms with Crippen molar-refractivity contribution in [2.45, 2.75) is 19.4 Å². The topological polar surface area (TPSA) is 129 Å². The van der Waals surface area contributed by atoms with Gasteiger partial charge >= 0.3 is 0 Å². The molecule has 1 aliphatic heterocycles. The van der Waals surface area contributed by atoms with Gasteiger partial charge in [0.05, 0.1) is 28.9 Å². The summed E-state index contributed by atoms with van der Waals surface area (Å²) in [6.45, 7) is 3.26. The number of ether oxygens (including phenoxy) is 4. The first-order valence-corrected chi connectivity index (χ1v) is 10.0. The fourth-order valence-corrected chi connectivity index (χ4v) is 3.14. The Kier molecular flexibility index (Phi) is 5.62.